The second kappa shape index (κ2) is 6.74. The Hall–Kier alpha value is -0.850. The molecule has 0 amide bonds. The van der Waals surface area contributed by atoms with Gasteiger partial charge < -0.3 is 9.47 Å². The summed E-state index contributed by atoms with van der Waals surface area (Å²) >= 11 is 11.6. The van der Waals surface area contributed by atoms with Crippen molar-refractivity contribution in [2.24, 2.45) is 0 Å². The van der Waals surface area contributed by atoms with Gasteiger partial charge in [-0.1, -0.05) is 11.6 Å². The van der Waals surface area contributed by atoms with E-state index in [-0.39, 0.29) is 22.3 Å². The molecule has 1 N–H and O–H groups in total. The zero-order valence-electron chi connectivity index (χ0n) is 10.7. The van der Waals surface area contributed by atoms with Gasteiger partial charge in [0.2, 0.25) is 10.0 Å². The summed E-state index contributed by atoms with van der Waals surface area (Å²) in [4.78, 5) is 0. The maximum Gasteiger partial charge on any atom is 0.232 e. The highest BCUT2D eigenvalue weighted by Gasteiger charge is 2.17. The van der Waals surface area contributed by atoms with E-state index in [1.165, 1.54) is 0 Å². The summed E-state index contributed by atoms with van der Waals surface area (Å²) in [5.41, 5.74) is 0.283. The van der Waals surface area contributed by atoms with Crippen molar-refractivity contribution in [2.45, 2.75) is 12.8 Å². The van der Waals surface area contributed by atoms with Gasteiger partial charge >= 0.3 is 0 Å². The van der Waals surface area contributed by atoms with Crippen molar-refractivity contribution in [2.75, 3.05) is 29.6 Å². The van der Waals surface area contributed by atoms with Gasteiger partial charge in [-0.05, 0) is 6.42 Å². The molecule has 20 heavy (non-hydrogen) atoms. The van der Waals surface area contributed by atoms with Crippen LogP contribution >= 0.6 is 23.2 Å². The Morgan fingerprint density at radius 3 is 2.50 bits per heavy atom. The summed E-state index contributed by atoms with van der Waals surface area (Å²) in [5.74, 6) is 1.25. The van der Waals surface area contributed by atoms with Crippen molar-refractivity contribution in [3.05, 3.63) is 17.2 Å². The standard InChI is InChI=1S/C12H15Cl2NO4S/c13-3-1-6-20(16,17)15-10-8-12-11(7-9(10)14)18-4-2-5-19-12/h7-8,15H,1-6H2. The Labute approximate surface area is 128 Å². The predicted octanol–water partition coefficient (Wildman–Crippen LogP) is 2.87. The molecule has 0 atom stereocenters. The first kappa shape index (κ1) is 15.5. The Morgan fingerprint density at radius 1 is 1.20 bits per heavy atom. The molecule has 0 unspecified atom stereocenters. The molecule has 0 radical (unpaired) electrons. The van der Waals surface area contributed by atoms with Crippen LogP contribution in [-0.4, -0.2) is 33.3 Å². The number of anilines is 1. The van der Waals surface area contributed by atoms with Crippen LogP contribution in [0.25, 0.3) is 0 Å². The summed E-state index contributed by atoms with van der Waals surface area (Å²) in [6.45, 7) is 1.07. The van der Waals surface area contributed by atoms with Crippen molar-refractivity contribution in [1.29, 1.82) is 0 Å². The second-order valence-corrected chi connectivity index (χ2v) is 6.92. The van der Waals surface area contributed by atoms with Crippen LogP contribution in [0.1, 0.15) is 12.8 Å². The number of halogens is 2. The van der Waals surface area contributed by atoms with Crippen LogP contribution in [0.2, 0.25) is 5.02 Å². The van der Waals surface area contributed by atoms with E-state index in [1.807, 2.05) is 0 Å². The summed E-state index contributed by atoms with van der Waals surface area (Å²) < 4.78 is 37.1. The Bertz CT molecular complexity index is 577. The molecule has 2 rings (SSSR count). The minimum absolute atomic E-state index is 0.0543. The molecule has 1 heterocycles. The molecule has 0 bridgehead atoms. The first-order valence-electron chi connectivity index (χ1n) is 6.17. The largest absolute Gasteiger partial charge is 0.490 e. The summed E-state index contributed by atoms with van der Waals surface area (Å²) in [6, 6.07) is 3.10. The van der Waals surface area contributed by atoms with Crippen molar-refractivity contribution in [1.82, 2.24) is 0 Å². The third-order valence-corrected chi connectivity index (χ3v) is 4.59. The van der Waals surface area contributed by atoms with Gasteiger partial charge in [0.25, 0.3) is 0 Å². The SMILES string of the molecule is O=S(=O)(CCCCl)Nc1cc2c(cc1Cl)OCCCO2. The van der Waals surface area contributed by atoms with E-state index in [0.717, 1.165) is 6.42 Å². The van der Waals surface area contributed by atoms with Crippen LogP contribution in [0.4, 0.5) is 5.69 Å². The number of alkyl halides is 1. The molecule has 1 aromatic carbocycles. The van der Waals surface area contributed by atoms with E-state index in [4.69, 9.17) is 32.7 Å². The summed E-state index contributed by atoms with van der Waals surface area (Å²) in [5, 5.41) is 0.267. The summed E-state index contributed by atoms with van der Waals surface area (Å²) in [7, 11) is -3.47. The molecular weight excluding hydrogens is 325 g/mol. The van der Waals surface area contributed by atoms with Gasteiger partial charge in [0.15, 0.2) is 11.5 Å². The maximum atomic E-state index is 11.8. The number of benzene rings is 1. The number of rotatable bonds is 5. The van der Waals surface area contributed by atoms with Crippen molar-refractivity contribution in [3.8, 4) is 11.5 Å². The Kier molecular flexibility index (Phi) is 5.23. The van der Waals surface area contributed by atoms with Gasteiger partial charge in [0.05, 0.1) is 29.7 Å². The van der Waals surface area contributed by atoms with Crippen LogP contribution in [0, 0.1) is 0 Å². The van der Waals surface area contributed by atoms with Crippen molar-refractivity contribution < 1.29 is 17.9 Å². The highest BCUT2D eigenvalue weighted by molar-refractivity contribution is 7.92. The molecule has 0 saturated carbocycles. The average Bonchev–Trinajstić information content (AvgIpc) is 2.61. The third-order valence-electron chi connectivity index (χ3n) is 2.65. The van der Waals surface area contributed by atoms with Gasteiger partial charge in [0.1, 0.15) is 0 Å². The van der Waals surface area contributed by atoms with Gasteiger partial charge in [-0.2, -0.15) is 0 Å². The molecule has 1 aliphatic heterocycles. The second-order valence-electron chi connectivity index (χ2n) is 4.29. The number of ether oxygens (including phenoxy) is 2. The molecule has 0 spiro atoms. The zero-order valence-corrected chi connectivity index (χ0v) is 13.0. The van der Waals surface area contributed by atoms with E-state index < -0.39 is 10.0 Å². The maximum absolute atomic E-state index is 11.8. The van der Waals surface area contributed by atoms with Crippen LogP contribution in [0.15, 0.2) is 12.1 Å². The molecule has 8 heteroatoms. The number of hydrogen-bond donors (Lipinski definition) is 1. The Morgan fingerprint density at radius 2 is 1.85 bits per heavy atom. The number of sulfonamides is 1. The van der Waals surface area contributed by atoms with E-state index in [0.29, 0.717) is 31.1 Å². The summed E-state index contributed by atoms with van der Waals surface area (Å²) in [6.07, 6.45) is 1.14. The smallest absolute Gasteiger partial charge is 0.232 e. The molecule has 0 saturated heterocycles. The fourth-order valence-corrected chi connectivity index (χ4v) is 3.40. The lowest BCUT2D eigenvalue weighted by molar-refractivity contribution is 0.297. The van der Waals surface area contributed by atoms with Crippen molar-refractivity contribution in [3.63, 3.8) is 0 Å². The van der Waals surface area contributed by atoms with E-state index >= 15 is 0 Å². The van der Waals surface area contributed by atoms with Crippen LogP contribution in [0.3, 0.4) is 0 Å². The molecule has 0 aromatic heterocycles. The first-order valence-corrected chi connectivity index (χ1v) is 8.74. The van der Waals surface area contributed by atoms with Gasteiger partial charge in [-0.15, -0.1) is 11.6 Å². The molecule has 0 fully saturated rings. The van der Waals surface area contributed by atoms with E-state index in [1.54, 1.807) is 12.1 Å². The Balaban J connectivity index is 2.22. The van der Waals surface area contributed by atoms with Crippen LogP contribution in [-0.2, 0) is 10.0 Å². The lowest BCUT2D eigenvalue weighted by Gasteiger charge is -2.13. The van der Waals surface area contributed by atoms with Crippen LogP contribution < -0.4 is 14.2 Å². The number of fused-ring (bicyclic) bond motifs is 1. The predicted molar refractivity (Wildman–Crippen MR) is 79.8 cm³/mol. The minimum Gasteiger partial charge on any atom is -0.490 e. The minimum atomic E-state index is -3.47. The van der Waals surface area contributed by atoms with E-state index in [2.05, 4.69) is 4.72 Å². The molecular formula is C12H15Cl2NO4S. The fourth-order valence-electron chi connectivity index (χ4n) is 1.73. The third kappa shape index (κ3) is 4.07. The molecule has 5 nitrogen and oxygen atoms in total. The number of hydrogen-bond acceptors (Lipinski definition) is 4. The number of nitrogens with one attached hydrogen (secondary N) is 1. The highest BCUT2D eigenvalue weighted by atomic mass is 35.5. The fraction of sp³-hybridized carbons (Fsp3) is 0.500. The lowest BCUT2D eigenvalue weighted by atomic mass is 10.3. The van der Waals surface area contributed by atoms with Gasteiger partial charge in [0, 0.05) is 24.4 Å². The van der Waals surface area contributed by atoms with Gasteiger partial charge in [-0.3, -0.25) is 4.72 Å². The quantitative estimate of drug-likeness (QED) is 0.837. The van der Waals surface area contributed by atoms with Crippen molar-refractivity contribution >= 4 is 38.9 Å². The molecule has 112 valence electrons. The lowest BCUT2D eigenvalue weighted by Crippen LogP contribution is -2.17. The topological polar surface area (TPSA) is 64.6 Å². The molecule has 0 aliphatic carbocycles. The first-order chi connectivity index (χ1) is 9.52. The molecule has 1 aliphatic rings. The van der Waals surface area contributed by atoms with Gasteiger partial charge in [-0.25, -0.2) is 8.42 Å². The van der Waals surface area contributed by atoms with Crippen LogP contribution in [0.5, 0.6) is 11.5 Å². The average molecular weight is 340 g/mol. The monoisotopic (exact) mass is 339 g/mol. The normalized spacial score (nSPS) is 14.7. The highest BCUT2D eigenvalue weighted by Crippen LogP contribution is 2.38. The van der Waals surface area contributed by atoms with E-state index in [9.17, 15) is 8.42 Å². The zero-order chi connectivity index (χ0) is 14.6. The molecule has 1 aromatic rings.